The maximum Gasteiger partial charge on any atom is 0.124 e. The van der Waals surface area contributed by atoms with E-state index < -0.39 is 5.60 Å². The first-order valence-corrected chi connectivity index (χ1v) is 5.45. The minimum absolute atomic E-state index is 0.679. The van der Waals surface area contributed by atoms with E-state index in [1.165, 1.54) is 0 Å². The van der Waals surface area contributed by atoms with Gasteiger partial charge in [0.05, 0.1) is 6.61 Å². The first-order valence-electron chi connectivity index (χ1n) is 5.45. The lowest BCUT2D eigenvalue weighted by molar-refractivity contribution is 0.00793. The van der Waals surface area contributed by atoms with Crippen LogP contribution >= 0.6 is 0 Å². The summed E-state index contributed by atoms with van der Waals surface area (Å²) in [4.78, 5) is 2.27. The molecule has 0 aromatic heterocycles. The number of hydrogen-bond donors (Lipinski definition) is 1. The van der Waals surface area contributed by atoms with Crippen molar-refractivity contribution in [2.24, 2.45) is 0 Å². The minimum atomic E-state index is -0.679. The number of hydrogen-bond acceptors (Lipinski definition) is 3. The van der Waals surface area contributed by atoms with E-state index in [0.29, 0.717) is 0 Å². The van der Waals surface area contributed by atoms with Crippen LogP contribution in [0.2, 0.25) is 0 Å². The van der Waals surface area contributed by atoms with Gasteiger partial charge < -0.3 is 14.7 Å². The third-order valence-corrected chi connectivity index (χ3v) is 3.20. The van der Waals surface area contributed by atoms with Gasteiger partial charge in [-0.15, -0.1) is 0 Å². The van der Waals surface area contributed by atoms with Crippen LogP contribution < -0.4 is 0 Å². The van der Waals surface area contributed by atoms with Gasteiger partial charge in [0, 0.05) is 13.0 Å². The van der Waals surface area contributed by atoms with Gasteiger partial charge in [-0.1, -0.05) is 0 Å². The molecule has 0 radical (unpaired) electrons. The Kier molecular flexibility index (Phi) is 2.79. The molecular formula is C11H19NO2. The van der Waals surface area contributed by atoms with Crippen molar-refractivity contribution in [1.29, 1.82) is 0 Å². The van der Waals surface area contributed by atoms with E-state index >= 15 is 0 Å². The third kappa shape index (κ3) is 1.93. The molecule has 2 rings (SSSR count). The third-order valence-electron chi connectivity index (χ3n) is 3.20. The normalized spacial score (nSPS) is 34.9. The summed E-state index contributed by atoms with van der Waals surface area (Å²) in [5, 5.41) is 10.4. The van der Waals surface area contributed by atoms with Crippen molar-refractivity contribution < 1.29 is 9.84 Å². The second kappa shape index (κ2) is 3.91. The Hall–Kier alpha value is -0.540. The van der Waals surface area contributed by atoms with E-state index in [4.69, 9.17) is 4.74 Å². The molecule has 0 aromatic rings. The second-order valence-electron chi connectivity index (χ2n) is 4.39. The predicted octanol–water partition coefficient (Wildman–Crippen LogP) is 1.14. The van der Waals surface area contributed by atoms with E-state index in [1.54, 1.807) is 0 Å². The lowest BCUT2D eigenvalue weighted by Crippen LogP contribution is -2.32. The Balaban J connectivity index is 2.06. The smallest absolute Gasteiger partial charge is 0.124 e. The lowest BCUT2D eigenvalue weighted by Gasteiger charge is -2.27. The first kappa shape index (κ1) is 9.99. The zero-order valence-electron chi connectivity index (χ0n) is 8.83. The molecule has 1 N–H and O–H groups in total. The average molecular weight is 197 g/mol. The Morgan fingerprint density at radius 1 is 1.43 bits per heavy atom. The summed E-state index contributed by atoms with van der Waals surface area (Å²) in [6.45, 7) is 2.78. The molecule has 0 aliphatic carbocycles. The largest absolute Gasteiger partial charge is 0.495 e. The van der Waals surface area contributed by atoms with E-state index in [2.05, 4.69) is 11.9 Å². The van der Waals surface area contributed by atoms with Gasteiger partial charge in [-0.25, -0.2) is 0 Å². The molecule has 0 aromatic carbocycles. The van der Waals surface area contributed by atoms with Gasteiger partial charge in [-0.2, -0.15) is 0 Å². The highest BCUT2D eigenvalue weighted by Crippen LogP contribution is 2.32. The van der Waals surface area contributed by atoms with Crippen molar-refractivity contribution in [3.63, 3.8) is 0 Å². The Labute approximate surface area is 85.4 Å². The van der Waals surface area contributed by atoms with E-state index in [-0.39, 0.29) is 0 Å². The van der Waals surface area contributed by atoms with Gasteiger partial charge in [0.25, 0.3) is 0 Å². The van der Waals surface area contributed by atoms with Gasteiger partial charge in [0.2, 0.25) is 0 Å². The highest BCUT2D eigenvalue weighted by molar-refractivity contribution is 5.13. The summed E-state index contributed by atoms with van der Waals surface area (Å²) in [7, 11) is 2.11. The number of rotatable bonds is 1. The number of aliphatic hydroxyl groups is 1. The number of ether oxygens (including phenoxy) is 1. The molecule has 3 nitrogen and oxygen atoms in total. The molecule has 2 aliphatic heterocycles. The summed E-state index contributed by atoms with van der Waals surface area (Å²) in [5.74, 6) is 0.827. The quantitative estimate of drug-likeness (QED) is 0.684. The highest BCUT2D eigenvalue weighted by atomic mass is 16.5. The lowest BCUT2D eigenvalue weighted by atomic mass is 9.92. The number of nitrogens with zero attached hydrogens (tertiary/aromatic N) is 1. The van der Waals surface area contributed by atoms with Gasteiger partial charge in [-0.05, 0) is 38.9 Å². The van der Waals surface area contributed by atoms with Gasteiger partial charge in [0.15, 0.2) is 0 Å². The van der Waals surface area contributed by atoms with Crippen LogP contribution in [0, 0.1) is 0 Å². The molecule has 1 saturated heterocycles. The van der Waals surface area contributed by atoms with Crippen LogP contribution in [0.3, 0.4) is 0 Å². The Morgan fingerprint density at radius 2 is 2.29 bits per heavy atom. The molecule has 0 spiro atoms. The molecule has 3 heteroatoms. The van der Waals surface area contributed by atoms with Gasteiger partial charge in [-0.3, -0.25) is 0 Å². The standard InChI is InChI=1S/C11H19NO2/c1-12-7-3-5-11(13,6-8-12)10-4-2-9-14-10/h4,13H,2-3,5-9H2,1H3. The molecule has 2 aliphatic rings. The maximum absolute atomic E-state index is 10.4. The van der Waals surface area contributed by atoms with Crippen molar-refractivity contribution >= 4 is 0 Å². The molecule has 1 atom stereocenters. The van der Waals surface area contributed by atoms with Crippen molar-refractivity contribution in [2.45, 2.75) is 31.3 Å². The van der Waals surface area contributed by atoms with E-state index in [0.717, 1.165) is 51.1 Å². The zero-order valence-corrected chi connectivity index (χ0v) is 8.83. The van der Waals surface area contributed by atoms with Crippen molar-refractivity contribution in [3.8, 4) is 0 Å². The summed E-state index contributed by atoms with van der Waals surface area (Å²) in [5.41, 5.74) is -0.679. The van der Waals surface area contributed by atoms with Gasteiger partial charge in [0.1, 0.15) is 11.4 Å². The summed E-state index contributed by atoms with van der Waals surface area (Å²) < 4.78 is 5.48. The van der Waals surface area contributed by atoms with E-state index in [1.807, 2.05) is 6.08 Å². The molecule has 1 fully saturated rings. The monoisotopic (exact) mass is 197 g/mol. The minimum Gasteiger partial charge on any atom is -0.495 e. The zero-order chi connectivity index (χ0) is 10.0. The summed E-state index contributed by atoms with van der Waals surface area (Å²) >= 11 is 0. The maximum atomic E-state index is 10.4. The van der Waals surface area contributed by atoms with Crippen molar-refractivity contribution in [1.82, 2.24) is 4.90 Å². The molecule has 0 amide bonds. The fraction of sp³-hybridized carbons (Fsp3) is 0.818. The molecule has 1 unspecified atom stereocenters. The summed E-state index contributed by atoms with van der Waals surface area (Å²) in [6, 6.07) is 0. The predicted molar refractivity (Wildman–Crippen MR) is 54.9 cm³/mol. The van der Waals surface area contributed by atoms with Crippen LogP contribution in [0.5, 0.6) is 0 Å². The van der Waals surface area contributed by atoms with E-state index in [9.17, 15) is 5.11 Å². The van der Waals surface area contributed by atoms with Gasteiger partial charge >= 0.3 is 0 Å². The molecule has 14 heavy (non-hydrogen) atoms. The van der Waals surface area contributed by atoms with Crippen LogP contribution in [0.25, 0.3) is 0 Å². The second-order valence-corrected chi connectivity index (χ2v) is 4.39. The van der Waals surface area contributed by atoms with Crippen LogP contribution in [0.4, 0.5) is 0 Å². The van der Waals surface area contributed by atoms with Crippen LogP contribution in [-0.2, 0) is 4.74 Å². The highest BCUT2D eigenvalue weighted by Gasteiger charge is 2.35. The fourth-order valence-corrected chi connectivity index (χ4v) is 2.24. The van der Waals surface area contributed by atoms with Crippen LogP contribution in [0.15, 0.2) is 11.8 Å². The molecule has 80 valence electrons. The Morgan fingerprint density at radius 3 is 3.00 bits per heavy atom. The Bertz CT molecular complexity index is 239. The van der Waals surface area contributed by atoms with Crippen molar-refractivity contribution in [2.75, 3.05) is 26.7 Å². The molecule has 0 bridgehead atoms. The van der Waals surface area contributed by atoms with Crippen LogP contribution in [0.1, 0.15) is 25.7 Å². The number of likely N-dealkylation sites (tertiary alicyclic amines) is 1. The molecule has 0 saturated carbocycles. The topological polar surface area (TPSA) is 32.7 Å². The molecular weight excluding hydrogens is 178 g/mol. The first-order chi connectivity index (χ1) is 6.71. The van der Waals surface area contributed by atoms with Crippen LogP contribution in [-0.4, -0.2) is 42.4 Å². The SMILES string of the molecule is CN1CCCC(O)(C2=CCCO2)CC1. The van der Waals surface area contributed by atoms with Crippen molar-refractivity contribution in [3.05, 3.63) is 11.8 Å². The molecule has 2 heterocycles. The fourth-order valence-electron chi connectivity index (χ4n) is 2.24. The summed E-state index contributed by atoms with van der Waals surface area (Å²) in [6.07, 6.45) is 5.69. The average Bonchev–Trinajstić information content (AvgIpc) is 2.63.